The lowest BCUT2D eigenvalue weighted by Crippen LogP contribution is -2.19. The SMILES string of the molecule is CN(C)c1ccc(C(O)CC2Cc3ccccc32)cc1. The van der Waals surface area contributed by atoms with Gasteiger partial charge in [0.15, 0.2) is 0 Å². The van der Waals surface area contributed by atoms with Crippen LogP contribution in [-0.2, 0) is 6.42 Å². The largest absolute Gasteiger partial charge is 0.388 e. The molecule has 1 aliphatic rings. The minimum Gasteiger partial charge on any atom is -0.388 e. The van der Waals surface area contributed by atoms with E-state index in [9.17, 15) is 5.11 Å². The van der Waals surface area contributed by atoms with Crippen LogP contribution in [0.25, 0.3) is 0 Å². The number of nitrogens with zero attached hydrogens (tertiary/aromatic N) is 1. The number of fused-ring (bicyclic) bond motifs is 1. The van der Waals surface area contributed by atoms with Gasteiger partial charge in [-0.15, -0.1) is 0 Å². The Morgan fingerprint density at radius 3 is 2.45 bits per heavy atom. The summed E-state index contributed by atoms with van der Waals surface area (Å²) in [6.07, 6.45) is 1.55. The van der Waals surface area contributed by atoms with Crippen molar-refractivity contribution in [2.24, 2.45) is 0 Å². The summed E-state index contributed by atoms with van der Waals surface area (Å²) in [5.74, 6) is 0.509. The zero-order chi connectivity index (χ0) is 14.1. The number of rotatable bonds is 4. The van der Waals surface area contributed by atoms with Crippen LogP contribution in [0.15, 0.2) is 48.5 Å². The maximum absolute atomic E-state index is 10.4. The highest BCUT2D eigenvalue weighted by molar-refractivity contribution is 5.46. The predicted octanol–water partition coefficient (Wildman–Crippen LogP) is 3.52. The van der Waals surface area contributed by atoms with Gasteiger partial charge in [0.2, 0.25) is 0 Å². The molecule has 2 nitrogen and oxygen atoms in total. The van der Waals surface area contributed by atoms with Crippen LogP contribution in [0.3, 0.4) is 0 Å². The molecule has 2 aromatic rings. The van der Waals surface area contributed by atoms with Crippen LogP contribution in [0.5, 0.6) is 0 Å². The van der Waals surface area contributed by atoms with Crippen molar-refractivity contribution >= 4 is 5.69 Å². The van der Waals surface area contributed by atoms with Crippen LogP contribution in [0.4, 0.5) is 5.69 Å². The predicted molar refractivity (Wildman–Crippen MR) is 83.2 cm³/mol. The van der Waals surface area contributed by atoms with Gasteiger partial charge >= 0.3 is 0 Å². The highest BCUT2D eigenvalue weighted by Gasteiger charge is 2.27. The molecule has 2 unspecified atom stereocenters. The highest BCUT2D eigenvalue weighted by Crippen LogP contribution is 2.40. The van der Waals surface area contributed by atoms with Crippen molar-refractivity contribution in [3.8, 4) is 0 Å². The van der Waals surface area contributed by atoms with Gasteiger partial charge in [0.25, 0.3) is 0 Å². The molecule has 0 saturated carbocycles. The van der Waals surface area contributed by atoms with Gasteiger partial charge in [0.1, 0.15) is 0 Å². The van der Waals surface area contributed by atoms with Crippen molar-refractivity contribution in [2.45, 2.75) is 24.9 Å². The molecule has 1 N–H and O–H groups in total. The minimum absolute atomic E-state index is 0.371. The van der Waals surface area contributed by atoms with Crippen LogP contribution in [0, 0.1) is 0 Å². The monoisotopic (exact) mass is 267 g/mol. The number of anilines is 1. The molecule has 2 atom stereocenters. The zero-order valence-electron chi connectivity index (χ0n) is 12.1. The van der Waals surface area contributed by atoms with E-state index in [1.807, 2.05) is 26.2 Å². The molecular formula is C18H21NO. The van der Waals surface area contributed by atoms with Crippen LogP contribution in [-0.4, -0.2) is 19.2 Å². The maximum atomic E-state index is 10.4. The van der Waals surface area contributed by atoms with E-state index in [0.29, 0.717) is 5.92 Å². The van der Waals surface area contributed by atoms with E-state index in [1.165, 1.54) is 11.1 Å². The lowest BCUT2D eigenvalue weighted by molar-refractivity contribution is 0.153. The van der Waals surface area contributed by atoms with Crippen molar-refractivity contribution in [3.63, 3.8) is 0 Å². The number of benzene rings is 2. The Morgan fingerprint density at radius 2 is 1.80 bits per heavy atom. The van der Waals surface area contributed by atoms with Gasteiger partial charge < -0.3 is 10.0 Å². The minimum atomic E-state index is -0.371. The van der Waals surface area contributed by atoms with Crippen molar-refractivity contribution in [3.05, 3.63) is 65.2 Å². The molecule has 0 bridgehead atoms. The van der Waals surface area contributed by atoms with Gasteiger partial charge in [0.05, 0.1) is 6.10 Å². The van der Waals surface area contributed by atoms with E-state index in [1.54, 1.807) is 0 Å². The van der Waals surface area contributed by atoms with E-state index >= 15 is 0 Å². The summed E-state index contributed by atoms with van der Waals surface area (Å²) in [6, 6.07) is 16.7. The molecule has 0 saturated heterocycles. The molecule has 0 fully saturated rings. The van der Waals surface area contributed by atoms with E-state index < -0.39 is 0 Å². The van der Waals surface area contributed by atoms with Crippen molar-refractivity contribution in [2.75, 3.05) is 19.0 Å². The fourth-order valence-electron chi connectivity index (χ4n) is 2.97. The van der Waals surface area contributed by atoms with Crippen molar-refractivity contribution in [1.29, 1.82) is 0 Å². The molecule has 0 spiro atoms. The molecular weight excluding hydrogens is 246 g/mol. The summed E-state index contributed by atoms with van der Waals surface area (Å²) in [7, 11) is 4.05. The van der Waals surface area contributed by atoms with Gasteiger partial charge in [-0.05, 0) is 47.6 Å². The normalized spacial score (nSPS) is 18.1. The first-order chi connectivity index (χ1) is 9.65. The topological polar surface area (TPSA) is 23.5 Å². The second-order valence-corrected chi connectivity index (χ2v) is 5.84. The van der Waals surface area contributed by atoms with Crippen LogP contribution < -0.4 is 4.90 Å². The third kappa shape index (κ3) is 2.44. The second-order valence-electron chi connectivity index (χ2n) is 5.84. The van der Waals surface area contributed by atoms with Crippen molar-refractivity contribution < 1.29 is 5.11 Å². The number of aliphatic hydroxyl groups excluding tert-OH is 1. The first-order valence-corrected chi connectivity index (χ1v) is 7.18. The molecule has 104 valence electrons. The van der Waals surface area contributed by atoms with Crippen LogP contribution in [0.1, 0.15) is 35.1 Å². The smallest absolute Gasteiger partial charge is 0.0796 e. The van der Waals surface area contributed by atoms with E-state index in [-0.39, 0.29) is 6.10 Å². The first kappa shape index (κ1) is 13.2. The third-order valence-corrected chi connectivity index (χ3v) is 4.26. The maximum Gasteiger partial charge on any atom is 0.0796 e. The zero-order valence-corrected chi connectivity index (χ0v) is 12.1. The summed E-state index contributed by atoms with van der Waals surface area (Å²) >= 11 is 0. The lowest BCUT2D eigenvalue weighted by Gasteiger charge is -2.31. The summed E-state index contributed by atoms with van der Waals surface area (Å²) < 4.78 is 0. The Morgan fingerprint density at radius 1 is 1.10 bits per heavy atom. The van der Waals surface area contributed by atoms with E-state index in [2.05, 4.69) is 41.3 Å². The average molecular weight is 267 g/mol. The Labute approximate surface area is 120 Å². The van der Waals surface area contributed by atoms with Gasteiger partial charge in [-0.3, -0.25) is 0 Å². The Hall–Kier alpha value is -1.80. The number of aliphatic hydroxyl groups is 1. The molecule has 3 rings (SSSR count). The summed E-state index contributed by atoms with van der Waals surface area (Å²) in [5.41, 5.74) is 5.03. The molecule has 0 aliphatic heterocycles. The summed E-state index contributed by atoms with van der Waals surface area (Å²) in [5, 5.41) is 10.4. The van der Waals surface area contributed by atoms with E-state index in [4.69, 9.17) is 0 Å². The highest BCUT2D eigenvalue weighted by atomic mass is 16.3. The van der Waals surface area contributed by atoms with Gasteiger partial charge in [-0.1, -0.05) is 36.4 Å². The molecule has 2 aromatic carbocycles. The van der Waals surface area contributed by atoms with Gasteiger partial charge in [-0.25, -0.2) is 0 Å². The number of hydrogen-bond donors (Lipinski definition) is 1. The van der Waals surface area contributed by atoms with E-state index in [0.717, 1.165) is 24.1 Å². The Bertz CT molecular complexity index is 589. The molecule has 0 amide bonds. The summed E-state index contributed by atoms with van der Waals surface area (Å²) in [6.45, 7) is 0. The second kappa shape index (κ2) is 5.29. The Kier molecular flexibility index (Phi) is 3.49. The Balaban J connectivity index is 1.67. The van der Waals surface area contributed by atoms with Gasteiger partial charge in [-0.2, -0.15) is 0 Å². The quantitative estimate of drug-likeness (QED) is 0.916. The molecule has 2 heteroatoms. The third-order valence-electron chi connectivity index (χ3n) is 4.26. The molecule has 1 aliphatic carbocycles. The fourth-order valence-corrected chi connectivity index (χ4v) is 2.97. The van der Waals surface area contributed by atoms with Crippen molar-refractivity contribution in [1.82, 2.24) is 0 Å². The van der Waals surface area contributed by atoms with Crippen LogP contribution >= 0.6 is 0 Å². The van der Waals surface area contributed by atoms with Gasteiger partial charge in [0, 0.05) is 19.8 Å². The molecule has 20 heavy (non-hydrogen) atoms. The molecule has 0 aromatic heterocycles. The lowest BCUT2D eigenvalue weighted by atomic mass is 9.74. The molecule has 0 radical (unpaired) electrons. The first-order valence-electron chi connectivity index (χ1n) is 7.18. The molecule has 0 heterocycles. The average Bonchev–Trinajstić information content (AvgIpc) is 2.44. The van der Waals surface area contributed by atoms with Crippen LogP contribution in [0.2, 0.25) is 0 Å². The summed E-state index contributed by atoms with van der Waals surface area (Å²) in [4.78, 5) is 2.07. The fraction of sp³-hybridized carbons (Fsp3) is 0.333. The number of hydrogen-bond acceptors (Lipinski definition) is 2. The standard InChI is InChI=1S/C18H21NO/c1-19(2)16-9-7-13(8-10-16)18(20)12-15-11-14-5-3-4-6-17(14)15/h3-10,15,18,20H,11-12H2,1-2H3.